The Kier molecular flexibility index (Phi) is 3.10. The number of likely N-dealkylation sites (N-methyl/N-ethyl adjacent to an activating group) is 1. The summed E-state index contributed by atoms with van der Waals surface area (Å²) >= 11 is 0. The molecule has 1 heterocycles. The Morgan fingerprint density at radius 2 is 1.69 bits per heavy atom. The zero-order valence-electron chi connectivity index (χ0n) is 9.35. The van der Waals surface area contributed by atoms with E-state index in [1.54, 1.807) is 12.1 Å². The van der Waals surface area contributed by atoms with Crippen LogP contribution in [0.25, 0.3) is 0 Å². The number of piperazine rings is 1. The molecule has 0 saturated carbocycles. The largest absolute Gasteiger partial charge is 0.545 e. The van der Waals surface area contributed by atoms with Crippen molar-refractivity contribution in [1.82, 2.24) is 4.90 Å². The maximum absolute atomic E-state index is 10.6. The number of hydrogen-bond acceptors (Lipinski definition) is 4. The second-order valence-electron chi connectivity index (χ2n) is 4.12. The molecular weight excluding hydrogens is 204 g/mol. The van der Waals surface area contributed by atoms with Gasteiger partial charge in [0.1, 0.15) is 0 Å². The van der Waals surface area contributed by atoms with E-state index in [0.717, 1.165) is 31.9 Å². The van der Waals surface area contributed by atoms with E-state index in [0.29, 0.717) is 0 Å². The fourth-order valence-electron chi connectivity index (χ4n) is 1.87. The summed E-state index contributed by atoms with van der Waals surface area (Å²) in [5, 5.41) is 10.6. The third-order valence-corrected chi connectivity index (χ3v) is 2.97. The molecule has 1 aromatic rings. The van der Waals surface area contributed by atoms with E-state index in [-0.39, 0.29) is 5.56 Å². The van der Waals surface area contributed by atoms with Crippen LogP contribution in [0.1, 0.15) is 10.4 Å². The molecular formula is C12H15N2O2-. The summed E-state index contributed by atoms with van der Waals surface area (Å²) in [4.78, 5) is 15.1. The van der Waals surface area contributed by atoms with Crippen molar-refractivity contribution in [1.29, 1.82) is 0 Å². The number of hydrogen-bond donors (Lipinski definition) is 0. The van der Waals surface area contributed by atoms with Gasteiger partial charge in [0.05, 0.1) is 5.97 Å². The molecule has 0 unspecified atom stereocenters. The van der Waals surface area contributed by atoms with Crippen LogP contribution in [-0.2, 0) is 0 Å². The highest BCUT2D eigenvalue weighted by atomic mass is 16.4. The van der Waals surface area contributed by atoms with Gasteiger partial charge in [-0.25, -0.2) is 0 Å². The van der Waals surface area contributed by atoms with E-state index in [1.807, 2.05) is 12.1 Å². The number of carbonyl (C=O) groups excluding carboxylic acids is 1. The number of carboxylic acid groups (broad SMARTS) is 1. The smallest absolute Gasteiger partial charge is 0.0715 e. The van der Waals surface area contributed by atoms with Crippen molar-refractivity contribution in [2.24, 2.45) is 0 Å². The molecule has 16 heavy (non-hydrogen) atoms. The first kappa shape index (κ1) is 11.0. The lowest BCUT2D eigenvalue weighted by atomic mass is 10.2. The van der Waals surface area contributed by atoms with Gasteiger partial charge in [-0.05, 0) is 24.7 Å². The average Bonchev–Trinajstić information content (AvgIpc) is 2.30. The van der Waals surface area contributed by atoms with Crippen LogP contribution in [0, 0.1) is 0 Å². The van der Waals surface area contributed by atoms with E-state index in [4.69, 9.17) is 0 Å². The summed E-state index contributed by atoms with van der Waals surface area (Å²) in [6.07, 6.45) is 0. The van der Waals surface area contributed by atoms with Crippen LogP contribution in [0.4, 0.5) is 5.69 Å². The maximum Gasteiger partial charge on any atom is 0.0715 e. The number of carboxylic acids is 1. The minimum Gasteiger partial charge on any atom is -0.545 e. The van der Waals surface area contributed by atoms with E-state index in [1.165, 1.54) is 0 Å². The molecule has 1 saturated heterocycles. The second-order valence-corrected chi connectivity index (χ2v) is 4.12. The van der Waals surface area contributed by atoms with Crippen LogP contribution in [0.3, 0.4) is 0 Å². The van der Waals surface area contributed by atoms with Gasteiger partial charge in [-0.15, -0.1) is 0 Å². The highest BCUT2D eigenvalue weighted by Crippen LogP contribution is 2.16. The predicted molar refractivity (Wildman–Crippen MR) is 60.5 cm³/mol. The number of rotatable bonds is 2. The van der Waals surface area contributed by atoms with Crippen molar-refractivity contribution in [3.63, 3.8) is 0 Å². The highest BCUT2D eigenvalue weighted by molar-refractivity contribution is 5.86. The number of nitrogens with zero attached hydrogens (tertiary/aromatic N) is 2. The van der Waals surface area contributed by atoms with Crippen molar-refractivity contribution in [2.75, 3.05) is 38.1 Å². The van der Waals surface area contributed by atoms with Gasteiger partial charge in [0, 0.05) is 31.9 Å². The van der Waals surface area contributed by atoms with Gasteiger partial charge in [-0.1, -0.05) is 12.1 Å². The third kappa shape index (κ3) is 2.33. The lowest BCUT2D eigenvalue weighted by Gasteiger charge is -2.34. The molecule has 1 aliphatic heterocycles. The van der Waals surface area contributed by atoms with Crippen LogP contribution in [0.5, 0.6) is 0 Å². The summed E-state index contributed by atoms with van der Waals surface area (Å²) < 4.78 is 0. The molecule has 1 fully saturated rings. The van der Waals surface area contributed by atoms with E-state index >= 15 is 0 Å². The van der Waals surface area contributed by atoms with Crippen molar-refractivity contribution in [2.45, 2.75) is 0 Å². The first-order valence-corrected chi connectivity index (χ1v) is 5.42. The first-order chi connectivity index (χ1) is 7.66. The lowest BCUT2D eigenvalue weighted by Crippen LogP contribution is -2.44. The third-order valence-electron chi connectivity index (χ3n) is 2.97. The fraction of sp³-hybridized carbons (Fsp3) is 0.417. The van der Waals surface area contributed by atoms with Crippen LogP contribution >= 0.6 is 0 Å². The molecule has 4 nitrogen and oxygen atoms in total. The van der Waals surface area contributed by atoms with E-state index < -0.39 is 5.97 Å². The minimum atomic E-state index is -1.12. The topological polar surface area (TPSA) is 46.6 Å². The van der Waals surface area contributed by atoms with Gasteiger partial charge in [0.25, 0.3) is 0 Å². The Labute approximate surface area is 95.1 Å². The molecule has 1 aliphatic rings. The summed E-state index contributed by atoms with van der Waals surface area (Å²) in [7, 11) is 2.11. The molecule has 0 amide bonds. The summed E-state index contributed by atoms with van der Waals surface area (Å²) in [5.41, 5.74) is 1.32. The Morgan fingerprint density at radius 1 is 1.12 bits per heavy atom. The van der Waals surface area contributed by atoms with Crippen LogP contribution < -0.4 is 10.0 Å². The van der Waals surface area contributed by atoms with Gasteiger partial charge in [0.2, 0.25) is 0 Å². The Hall–Kier alpha value is -1.55. The van der Waals surface area contributed by atoms with Crippen LogP contribution in [0.15, 0.2) is 24.3 Å². The molecule has 2 rings (SSSR count). The average molecular weight is 219 g/mol. The summed E-state index contributed by atoms with van der Waals surface area (Å²) in [6.45, 7) is 4.06. The van der Waals surface area contributed by atoms with Crippen LogP contribution in [-0.4, -0.2) is 44.1 Å². The zero-order valence-corrected chi connectivity index (χ0v) is 9.35. The first-order valence-electron chi connectivity index (χ1n) is 5.42. The zero-order chi connectivity index (χ0) is 11.5. The van der Waals surface area contributed by atoms with Crippen molar-refractivity contribution in [3.8, 4) is 0 Å². The lowest BCUT2D eigenvalue weighted by molar-refractivity contribution is -0.255. The van der Waals surface area contributed by atoms with Crippen molar-refractivity contribution >= 4 is 11.7 Å². The Morgan fingerprint density at radius 3 is 2.19 bits per heavy atom. The molecule has 4 heteroatoms. The molecule has 0 N–H and O–H groups in total. The fourth-order valence-corrected chi connectivity index (χ4v) is 1.87. The summed E-state index contributed by atoms with van der Waals surface area (Å²) in [6, 6.07) is 6.89. The van der Waals surface area contributed by atoms with Gasteiger partial charge in [0.15, 0.2) is 0 Å². The molecule has 1 aromatic carbocycles. The van der Waals surface area contributed by atoms with Gasteiger partial charge in [-0.3, -0.25) is 0 Å². The second kappa shape index (κ2) is 4.53. The van der Waals surface area contributed by atoms with Crippen LogP contribution in [0.2, 0.25) is 0 Å². The number of anilines is 1. The molecule has 0 aliphatic carbocycles. The van der Waals surface area contributed by atoms with Gasteiger partial charge >= 0.3 is 0 Å². The molecule has 0 spiro atoms. The molecule has 0 atom stereocenters. The minimum absolute atomic E-state index is 0.234. The molecule has 0 radical (unpaired) electrons. The molecule has 0 bridgehead atoms. The summed E-state index contributed by atoms with van der Waals surface area (Å²) in [5.74, 6) is -1.12. The number of carbonyl (C=O) groups is 1. The monoisotopic (exact) mass is 219 g/mol. The van der Waals surface area contributed by atoms with E-state index in [2.05, 4.69) is 16.8 Å². The number of aromatic carboxylic acids is 1. The molecule has 0 aromatic heterocycles. The van der Waals surface area contributed by atoms with E-state index in [9.17, 15) is 9.90 Å². The van der Waals surface area contributed by atoms with Gasteiger partial charge < -0.3 is 19.7 Å². The SMILES string of the molecule is CN1CCN(c2ccc(C(=O)[O-])cc2)CC1. The normalized spacial score (nSPS) is 17.4. The van der Waals surface area contributed by atoms with Gasteiger partial charge in [-0.2, -0.15) is 0 Å². The number of benzene rings is 1. The quantitative estimate of drug-likeness (QED) is 0.691. The molecule has 86 valence electrons. The maximum atomic E-state index is 10.6. The van der Waals surface area contributed by atoms with Crippen molar-refractivity contribution < 1.29 is 9.90 Å². The standard InChI is InChI=1S/C12H16N2O2/c1-13-6-8-14(9-7-13)11-4-2-10(3-5-11)12(15)16/h2-5H,6-9H2,1H3,(H,15,16)/p-1. The van der Waals surface area contributed by atoms with Crippen molar-refractivity contribution in [3.05, 3.63) is 29.8 Å². The Balaban J connectivity index is 2.07. The Bertz CT molecular complexity index is 367. The highest BCUT2D eigenvalue weighted by Gasteiger charge is 2.13. The predicted octanol–water partition coefficient (Wildman–Crippen LogP) is -0.198.